The number of halogens is 2. The third kappa shape index (κ3) is 4.92. The number of hydrogen-bond acceptors (Lipinski definition) is 3. The number of rotatable bonds is 6. The van der Waals surface area contributed by atoms with E-state index in [0.717, 1.165) is 6.07 Å². The van der Waals surface area contributed by atoms with Crippen LogP contribution in [0.5, 0.6) is 5.75 Å². The SMILES string of the molecule is O=C(COc1ccc(F)cc1Cl)c1ccc(NC(=O)c2ccccc2)cc1. The van der Waals surface area contributed by atoms with E-state index in [1.165, 1.54) is 12.1 Å². The molecule has 6 heteroatoms. The minimum absolute atomic E-state index is 0.0989. The lowest BCUT2D eigenvalue weighted by molar-refractivity contribution is 0.0921. The molecule has 0 saturated heterocycles. The fraction of sp³-hybridized carbons (Fsp3) is 0.0476. The van der Waals surface area contributed by atoms with Crippen LogP contribution in [-0.4, -0.2) is 18.3 Å². The smallest absolute Gasteiger partial charge is 0.255 e. The molecule has 1 amide bonds. The van der Waals surface area contributed by atoms with Crippen LogP contribution >= 0.6 is 11.6 Å². The van der Waals surface area contributed by atoms with Gasteiger partial charge in [-0.2, -0.15) is 0 Å². The highest BCUT2D eigenvalue weighted by Crippen LogP contribution is 2.25. The molecule has 0 heterocycles. The highest BCUT2D eigenvalue weighted by Gasteiger charge is 2.10. The fourth-order valence-electron chi connectivity index (χ4n) is 2.35. The lowest BCUT2D eigenvalue weighted by Crippen LogP contribution is -2.13. The Morgan fingerprint density at radius 3 is 2.30 bits per heavy atom. The molecule has 0 unspecified atom stereocenters. The van der Waals surface area contributed by atoms with E-state index in [0.29, 0.717) is 16.8 Å². The van der Waals surface area contributed by atoms with Gasteiger partial charge in [-0.3, -0.25) is 9.59 Å². The molecule has 0 atom stereocenters. The van der Waals surface area contributed by atoms with Crippen molar-refractivity contribution in [3.05, 3.63) is 94.8 Å². The lowest BCUT2D eigenvalue weighted by Gasteiger charge is -2.08. The zero-order chi connectivity index (χ0) is 19.2. The van der Waals surface area contributed by atoms with Gasteiger partial charge in [-0.05, 0) is 54.6 Å². The molecule has 0 aliphatic carbocycles. The summed E-state index contributed by atoms with van der Waals surface area (Å²) in [5.74, 6) is -0.745. The maximum atomic E-state index is 13.0. The summed E-state index contributed by atoms with van der Waals surface area (Å²) >= 11 is 5.86. The molecule has 3 aromatic rings. The van der Waals surface area contributed by atoms with Crippen LogP contribution in [0.1, 0.15) is 20.7 Å². The molecule has 0 bridgehead atoms. The van der Waals surface area contributed by atoms with E-state index in [1.54, 1.807) is 48.5 Å². The molecule has 3 aromatic carbocycles. The molecule has 4 nitrogen and oxygen atoms in total. The van der Waals surface area contributed by atoms with Crippen molar-refractivity contribution in [1.82, 2.24) is 0 Å². The van der Waals surface area contributed by atoms with Gasteiger partial charge >= 0.3 is 0 Å². The Morgan fingerprint density at radius 1 is 0.926 bits per heavy atom. The molecule has 136 valence electrons. The first-order chi connectivity index (χ1) is 13.0. The van der Waals surface area contributed by atoms with Gasteiger partial charge in [0.15, 0.2) is 12.4 Å². The molecule has 0 saturated carbocycles. The van der Waals surface area contributed by atoms with E-state index in [-0.39, 0.29) is 29.1 Å². The summed E-state index contributed by atoms with van der Waals surface area (Å²) in [4.78, 5) is 24.3. The largest absolute Gasteiger partial charge is 0.484 e. The second-order valence-electron chi connectivity index (χ2n) is 5.68. The second kappa shape index (κ2) is 8.47. The van der Waals surface area contributed by atoms with E-state index in [4.69, 9.17) is 16.3 Å². The molecule has 27 heavy (non-hydrogen) atoms. The van der Waals surface area contributed by atoms with E-state index in [9.17, 15) is 14.0 Å². The standard InChI is InChI=1S/C21H15ClFNO3/c22-18-12-16(23)8-11-20(18)27-13-19(25)14-6-9-17(10-7-14)24-21(26)15-4-2-1-3-5-15/h1-12H,13H2,(H,24,26). The van der Waals surface area contributed by atoms with Gasteiger partial charge in [-0.25, -0.2) is 4.39 Å². The number of hydrogen-bond donors (Lipinski definition) is 1. The molecule has 0 aliphatic heterocycles. The van der Waals surface area contributed by atoms with Crippen LogP contribution in [0.25, 0.3) is 0 Å². The van der Waals surface area contributed by atoms with Crippen molar-refractivity contribution in [2.24, 2.45) is 0 Å². The van der Waals surface area contributed by atoms with Crippen molar-refractivity contribution in [2.75, 3.05) is 11.9 Å². The first-order valence-corrected chi connectivity index (χ1v) is 8.48. The van der Waals surface area contributed by atoms with E-state index in [2.05, 4.69) is 5.32 Å². The molecule has 0 fully saturated rings. The van der Waals surface area contributed by atoms with Crippen LogP contribution in [0.2, 0.25) is 5.02 Å². The van der Waals surface area contributed by atoms with Crippen molar-refractivity contribution in [1.29, 1.82) is 0 Å². The summed E-state index contributed by atoms with van der Waals surface area (Å²) in [6, 6.07) is 19.0. The maximum Gasteiger partial charge on any atom is 0.255 e. The highest BCUT2D eigenvalue weighted by atomic mass is 35.5. The zero-order valence-corrected chi connectivity index (χ0v) is 14.9. The summed E-state index contributed by atoms with van der Waals surface area (Å²) < 4.78 is 18.4. The third-order valence-corrected chi connectivity index (χ3v) is 4.05. The minimum atomic E-state index is -0.480. The molecule has 1 N–H and O–H groups in total. The van der Waals surface area contributed by atoms with Gasteiger partial charge < -0.3 is 10.1 Å². The second-order valence-corrected chi connectivity index (χ2v) is 6.09. The Balaban J connectivity index is 1.59. The summed E-state index contributed by atoms with van der Waals surface area (Å²) in [7, 11) is 0. The van der Waals surface area contributed by atoms with Crippen molar-refractivity contribution in [3.8, 4) is 5.75 Å². The number of anilines is 1. The number of ether oxygens (including phenoxy) is 1. The van der Waals surface area contributed by atoms with Gasteiger partial charge in [0.1, 0.15) is 11.6 Å². The average molecular weight is 384 g/mol. The molecule has 0 aromatic heterocycles. The van der Waals surface area contributed by atoms with Crippen molar-refractivity contribution >= 4 is 29.0 Å². The summed E-state index contributed by atoms with van der Waals surface area (Å²) in [5, 5.41) is 2.86. The molecule has 0 radical (unpaired) electrons. The predicted molar refractivity (Wildman–Crippen MR) is 102 cm³/mol. The van der Waals surface area contributed by atoms with Gasteiger partial charge in [-0.1, -0.05) is 29.8 Å². The number of benzene rings is 3. The fourth-order valence-corrected chi connectivity index (χ4v) is 2.57. The van der Waals surface area contributed by atoms with Crippen LogP contribution in [0.15, 0.2) is 72.8 Å². The first kappa shape index (κ1) is 18.6. The zero-order valence-electron chi connectivity index (χ0n) is 14.1. The van der Waals surface area contributed by atoms with Crippen LogP contribution < -0.4 is 10.1 Å². The number of carbonyl (C=O) groups is 2. The number of amides is 1. The van der Waals surface area contributed by atoms with Crippen molar-refractivity contribution in [2.45, 2.75) is 0 Å². The van der Waals surface area contributed by atoms with E-state index in [1.807, 2.05) is 6.07 Å². The van der Waals surface area contributed by atoms with Crippen LogP contribution in [0, 0.1) is 5.82 Å². The Hall–Kier alpha value is -3.18. The molecular weight excluding hydrogens is 369 g/mol. The third-order valence-electron chi connectivity index (χ3n) is 3.75. The van der Waals surface area contributed by atoms with Gasteiger partial charge in [0.05, 0.1) is 5.02 Å². The summed E-state index contributed by atoms with van der Waals surface area (Å²) in [5.41, 5.74) is 1.54. The number of ketones is 1. The van der Waals surface area contributed by atoms with Gasteiger partial charge in [-0.15, -0.1) is 0 Å². The molecule has 3 rings (SSSR count). The topological polar surface area (TPSA) is 55.4 Å². The normalized spacial score (nSPS) is 10.3. The Kier molecular flexibility index (Phi) is 5.84. The van der Waals surface area contributed by atoms with Crippen LogP contribution in [0.4, 0.5) is 10.1 Å². The van der Waals surface area contributed by atoms with Crippen molar-refractivity contribution < 1.29 is 18.7 Å². The first-order valence-electron chi connectivity index (χ1n) is 8.10. The Bertz CT molecular complexity index is 959. The van der Waals surface area contributed by atoms with Crippen molar-refractivity contribution in [3.63, 3.8) is 0 Å². The molecular formula is C21H15ClFNO3. The highest BCUT2D eigenvalue weighted by molar-refractivity contribution is 6.32. The predicted octanol–water partition coefficient (Wildman–Crippen LogP) is 4.99. The quantitative estimate of drug-likeness (QED) is 0.610. The van der Waals surface area contributed by atoms with E-state index < -0.39 is 5.82 Å². The Morgan fingerprint density at radius 2 is 1.63 bits per heavy atom. The average Bonchev–Trinajstić information content (AvgIpc) is 2.68. The molecule has 0 spiro atoms. The molecule has 0 aliphatic rings. The van der Waals surface area contributed by atoms with Gasteiger partial charge in [0, 0.05) is 16.8 Å². The summed E-state index contributed by atoms with van der Waals surface area (Å²) in [6.07, 6.45) is 0. The lowest BCUT2D eigenvalue weighted by atomic mass is 10.1. The maximum absolute atomic E-state index is 13.0. The number of carbonyl (C=O) groups excluding carboxylic acids is 2. The number of Topliss-reactive ketones (excluding diaryl/α,β-unsaturated/α-hetero) is 1. The minimum Gasteiger partial charge on any atom is -0.484 e. The van der Waals surface area contributed by atoms with Crippen LogP contribution in [0.3, 0.4) is 0 Å². The Labute approximate surface area is 160 Å². The number of nitrogens with one attached hydrogen (secondary N) is 1. The van der Waals surface area contributed by atoms with E-state index >= 15 is 0 Å². The van der Waals surface area contributed by atoms with Gasteiger partial charge in [0.2, 0.25) is 0 Å². The van der Waals surface area contributed by atoms with Crippen LogP contribution in [-0.2, 0) is 0 Å². The van der Waals surface area contributed by atoms with Gasteiger partial charge in [0.25, 0.3) is 5.91 Å². The monoisotopic (exact) mass is 383 g/mol. The summed E-state index contributed by atoms with van der Waals surface area (Å²) in [6.45, 7) is -0.235.